The van der Waals surface area contributed by atoms with Crippen LogP contribution in [0.3, 0.4) is 0 Å². The Bertz CT molecular complexity index is 517. The number of esters is 1. The van der Waals surface area contributed by atoms with E-state index in [1.807, 2.05) is 6.07 Å². The van der Waals surface area contributed by atoms with Crippen molar-refractivity contribution in [2.75, 3.05) is 13.7 Å². The molecule has 0 fully saturated rings. The van der Waals surface area contributed by atoms with E-state index < -0.39 is 5.97 Å². The monoisotopic (exact) mass is 309 g/mol. The Morgan fingerprint density at radius 3 is 2.67 bits per heavy atom. The van der Waals surface area contributed by atoms with Crippen molar-refractivity contribution < 1.29 is 14.3 Å². The molecule has 0 aliphatic heterocycles. The Morgan fingerprint density at radius 2 is 2.11 bits per heavy atom. The van der Waals surface area contributed by atoms with E-state index in [0.717, 1.165) is 0 Å². The van der Waals surface area contributed by atoms with E-state index in [9.17, 15) is 4.79 Å². The largest absolute Gasteiger partial charge is 0.496 e. The van der Waals surface area contributed by atoms with Crippen molar-refractivity contribution in [2.45, 2.75) is 6.92 Å². The van der Waals surface area contributed by atoms with Gasteiger partial charge < -0.3 is 9.47 Å². The van der Waals surface area contributed by atoms with Gasteiger partial charge in [0.2, 0.25) is 0 Å². The molecule has 0 aliphatic carbocycles. The molecule has 0 saturated heterocycles. The Labute approximate surface area is 114 Å². The van der Waals surface area contributed by atoms with Gasteiger partial charge in [0.25, 0.3) is 5.70 Å². The quantitative estimate of drug-likeness (QED) is 0.487. The molecule has 0 spiro atoms. The first kappa shape index (κ1) is 14.3. The highest BCUT2D eigenvalue weighted by atomic mass is 79.9. The SMILES string of the molecule is [C-]#[N+]/C(C(=O)OCC)=C(\Br)c1ccccc1OC. The molecule has 0 radical (unpaired) electrons. The van der Waals surface area contributed by atoms with Gasteiger partial charge in [-0.1, -0.05) is 34.1 Å². The van der Waals surface area contributed by atoms with Gasteiger partial charge in [-0.3, -0.25) is 4.79 Å². The molecule has 0 unspecified atom stereocenters. The molecule has 1 aromatic carbocycles. The van der Waals surface area contributed by atoms with Crippen LogP contribution >= 0.6 is 15.9 Å². The molecule has 0 N–H and O–H groups in total. The van der Waals surface area contributed by atoms with Gasteiger partial charge in [0.1, 0.15) is 5.75 Å². The summed E-state index contributed by atoms with van der Waals surface area (Å²) in [5, 5.41) is 0. The number of nitrogens with zero attached hydrogens (tertiary/aromatic N) is 1. The Morgan fingerprint density at radius 1 is 1.44 bits per heavy atom. The number of hydrogen-bond donors (Lipinski definition) is 0. The van der Waals surface area contributed by atoms with Gasteiger partial charge in [0.05, 0.1) is 20.3 Å². The van der Waals surface area contributed by atoms with Gasteiger partial charge >= 0.3 is 5.97 Å². The normalized spacial score (nSPS) is 11.2. The highest BCUT2D eigenvalue weighted by molar-refractivity contribution is 9.15. The molecule has 4 nitrogen and oxygen atoms in total. The van der Waals surface area contributed by atoms with Gasteiger partial charge in [0.15, 0.2) is 0 Å². The summed E-state index contributed by atoms with van der Waals surface area (Å²) in [5.74, 6) is -0.0693. The summed E-state index contributed by atoms with van der Waals surface area (Å²) in [4.78, 5) is 14.8. The second-order valence-electron chi connectivity index (χ2n) is 3.20. The lowest BCUT2D eigenvalue weighted by molar-refractivity contribution is -0.138. The van der Waals surface area contributed by atoms with Gasteiger partial charge in [-0.15, -0.1) is 0 Å². The van der Waals surface area contributed by atoms with Crippen LogP contribution in [-0.2, 0) is 9.53 Å². The summed E-state index contributed by atoms with van der Waals surface area (Å²) >= 11 is 3.26. The molecule has 94 valence electrons. The van der Waals surface area contributed by atoms with Crippen molar-refractivity contribution in [2.24, 2.45) is 0 Å². The maximum atomic E-state index is 11.6. The number of carbonyl (C=O) groups is 1. The van der Waals surface area contributed by atoms with Gasteiger partial charge in [-0.2, -0.15) is 0 Å². The molecule has 5 heteroatoms. The summed E-state index contributed by atoms with van der Waals surface area (Å²) < 4.78 is 10.4. The number of benzene rings is 1. The van der Waals surface area contributed by atoms with Crippen molar-refractivity contribution in [1.29, 1.82) is 0 Å². The lowest BCUT2D eigenvalue weighted by atomic mass is 10.1. The Balaban J connectivity index is 3.28. The van der Waals surface area contributed by atoms with Crippen LogP contribution in [-0.4, -0.2) is 19.7 Å². The van der Waals surface area contributed by atoms with Crippen LogP contribution in [0.2, 0.25) is 0 Å². The molecule has 0 atom stereocenters. The molecule has 0 aromatic heterocycles. The molecular weight excluding hydrogens is 298 g/mol. The standard InChI is InChI=1S/C13H12BrNO3/c1-4-18-13(16)12(15-2)11(14)9-7-5-6-8-10(9)17-3/h5-8H,4H2,1,3H3/b12-11-. The number of halogens is 1. The van der Waals surface area contributed by atoms with Crippen LogP contribution in [0.4, 0.5) is 0 Å². The first-order valence-corrected chi connectivity index (χ1v) is 6.02. The zero-order valence-corrected chi connectivity index (χ0v) is 11.7. The van der Waals surface area contributed by atoms with E-state index in [2.05, 4.69) is 20.8 Å². The number of rotatable bonds is 4. The van der Waals surface area contributed by atoms with E-state index in [1.165, 1.54) is 7.11 Å². The van der Waals surface area contributed by atoms with E-state index in [4.69, 9.17) is 16.0 Å². The predicted octanol–water partition coefficient (Wildman–Crippen LogP) is 3.24. The van der Waals surface area contributed by atoms with Crippen molar-refractivity contribution in [3.63, 3.8) is 0 Å². The topological polar surface area (TPSA) is 39.9 Å². The first-order chi connectivity index (χ1) is 8.65. The lowest BCUT2D eigenvalue weighted by Gasteiger charge is -2.09. The van der Waals surface area contributed by atoms with Crippen LogP contribution in [0.25, 0.3) is 9.33 Å². The number of hydrogen-bond acceptors (Lipinski definition) is 3. The molecule has 1 aromatic rings. The average Bonchev–Trinajstić information content (AvgIpc) is 2.39. The Kier molecular flexibility index (Phi) is 5.40. The fraction of sp³-hybridized carbons (Fsp3) is 0.231. The van der Waals surface area contributed by atoms with Crippen molar-refractivity contribution in [3.8, 4) is 5.75 Å². The highest BCUT2D eigenvalue weighted by Crippen LogP contribution is 2.33. The fourth-order valence-electron chi connectivity index (χ4n) is 1.34. The lowest BCUT2D eigenvalue weighted by Crippen LogP contribution is -2.06. The maximum Gasteiger partial charge on any atom is 0.337 e. The van der Waals surface area contributed by atoms with Crippen molar-refractivity contribution in [3.05, 3.63) is 46.9 Å². The van der Waals surface area contributed by atoms with Gasteiger partial charge in [0, 0.05) is 10.0 Å². The third-order valence-electron chi connectivity index (χ3n) is 2.13. The Hall–Kier alpha value is -1.80. The van der Waals surface area contributed by atoms with Crippen LogP contribution in [0, 0.1) is 6.57 Å². The maximum absolute atomic E-state index is 11.6. The molecule has 0 amide bonds. The van der Waals surface area contributed by atoms with Crippen LogP contribution in [0.1, 0.15) is 12.5 Å². The molecular formula is C13H12BrNO3. The molecule has 0 aliphatic rings. The second kappa shape index (κ2) is 6.82. The minimum Gasteiger partial charge on any atom is -0.496 e. The number of methoxy groups -OCH3 is 1. The van der Waals surface area contributed by atoms with Crippen LogP contribution < -0.4 is 4.74 Å². The highest BCUT2D eigenvalue weighted by Gasteiger charge is 2.19. The minimum atomic E-state index is -0.648. The van der Waals surface area contributed by atoms with Crippen molar-refractivity contribution in [1.82, 2.24) is 0 Å². The summed E-state index contributed by atoms with van der Waals surface area (Å²) in [7, 11) is 1.53. The van der Waals surface area contributed by atoms with E-state index in [-0.39, 0.29) is 12.3 Å². The van der Waals surface area contributed by atoms with Crippen LogP contribution in [0.15, 0.2) is 30.0 Å². The average molecular weight is 310 g/mol. The van der Waals surface area contributed by atoms with Crippen molar-refractivity contribution >= 4 is 26.4 Å². The first-order valence-electron chi connectivity index (χ1n) is 5.23. The fourth-order valence-corrected chi connectivity index (χ4v) is 1.92. The number of ether oxygens (including phenoxy) is 2. The summed E-state index contributed by atoms with van der Waals surface area (Å²) in [5.41, 5.74) is 0.542. The molecule has 0 bridgehead atoms. The predicted molar refractivity (Wildman–Crippen MR) is 72.1 cm³/mol. The minimum absolute atomic E-state index is 0.0960. The zero-order chi connectivity index (χ0) is 13.5. The molecule has 0 heterocycles. The number of para-hydroxylation sites is 1. The molecule has 0 saturated carbocycles. The van der Waals surface area contributed by atoms with E-state index in [1.54, 1.807) is 25.1 Å². The van der Waals surface area contributed by atoms with Gasteiger partial charge in [-0.05, 0) is 13.0 Å². The van der Waals surface area contributed by atoms with E-state index in [0.29, 0.717) is 15.8 Å². The van der Waals surface area contributed by atoms with Gasteiger partial charge in [-0.25, -0.2) is 4.85 Å². The number of carbonyl (C=O) groups excluding carboxylic acids is 1. The van der Waals surface area contributed by atoms with E-state index >= 15 is 0 Å². The summed E-state index contributed by atoms with van der Waals surface area (Å²) in [6, 6.07) is 7.12. The second-order valence-corrected chi connectivity index (χ2v) is 3.99. The zero-order valence-electron chi connectivity index (χ0n) is 10.1. The summed E-state index contributed by atoms with van der Waals surface area (Å²) in [6.07, 6.45) is 0. The summed E-state index contributed by atoms with van der Waals surface area (Å²) in [6.45, 7) is 8.99. The van der Waals surface area contributed by atoms with Crippen LogP contribution in [0.5, 0.6) is 5.75 Å². The molecule has 1 rings (SSSR count). The third-order valence-corrected chi connectivity index (χ3v) is 2.93. The third kappa shape index (κ3) is 3.11. The smallest absolute Gasteiger partial charge is 0.337 e. The molecule has 18 heavy (non-hydrogen) atoms.